The summed E-state index contributed by atoms with van der Waals surface area (Å²) in [6.45, 7) is 18.2. The lowest BCUT2D eigenvalue weighted by Gasteiger charge is -2.42. The van der Waals surface area contributed by atoms with Crippen molar-refractivity contribution in [3.63, 3.8) is 0 Å². The Bertz CT molecular complexity index is 590. The zero-order chi connectivity index (χ0) is 20.8. The molecule has 0 unspecified atom stereocenters. The molecule has 0 aromatic rings. The normalized spacial score (nSPS) is 30.6. The van der Waals surface area contributed by atoms with E-state index in [0.717, 1.165) is 0 Å². The van der Waals surface area contributed by atoms with Crippen molar-refractivity contribution in [2.24, 2.45) is 5.41 Å². The lowest BCUT2D eigenvalue weighted by Crippen LogP contribution is -2.61. The fourth-order valence-electron chi connectivity index (χ4n) is 3.21. The second-order valence-electron chi connectivity index (χ2n) is 9.37. The largest absolute Gasteiger partial charge is 0.456 e. The van der Waals surface area contributed by atoms with Gasteiger partial charge >= 0.3 is 5.97 Å². The summed E-state index contributed by atoms with van der Waals surface area (Å²) >= 11 is 0. The van der Waals surface area contributed by atoms with Crippen LogP contribution in [0, 0.1) is 5.41 Å². The number of carbonyl (C=O) groups excluding carboxylic acids is 1. The number of aliphatic hydroxyl groups is 1. The van der Waals surface area contributed by atoms with Crippen LogP contribution in [0.15, 0.2) is 12.2 Å². The lowest BCUT2D eigenvalue weighted by atomic mass is 9.81. The highest BCUT2D eigenvalue weighted by Gasteiger charge is 2.58. The molecule has 1 N–H and O–H groups in total. The Morgan fingerprint density at radius 2 is 1.63 bits per heavy atom. The average molecular weight is 386 g/mol. The van der Waals surface area contributed by atoms with E-state index in [4.69, 9.17) is 23.7 Å². The van der Waals surface area contributed by atoms with E-state index >= 15 is 0 Å². The summed E-state index contributed by atoms with van der Waals surface area (Å²) in [6.07, 6.45) is -2.51. The van der Waals surface area contributed by atoms with Crippen LogP contribution in [-0.4, -0.2) is 59.8 Å². The first-order valence-electron chi connectivity index (χ1n) is 9.31. The van der Waals surface area contributed by atoms with Gasteiger partial charge in [0.2, 0.25) is 0 Å². The maximum Gasteiger partial charge on any atom is 0.311 e. The molecule has 0 saturated carbocycles. The maximum atomic E-state index is 12.7. The van der Waals surface area contributed by atoms with Gasteiger partial charge in [-0.2, -0.15) is 0 Å². The van der Waals surface area contributed by atoms with E-state index in [9.17, 15) is 9.90 Å². The van der Waals surface area contributed by atoms with E-state index in [0.29, 0.717) is 5.57 Å². The molecule has 2 fully saturated rings. The lowest BCUT2D eigenvalue weighted by molar-refractivity contribution is -0.222. The molecule has 0 aromatic carbocycles. The van der Waals surface area contributed by atoms with Crippen molar-refractivity contribution in [2.75, 3.05) is 13.2 Å². The van der Waals surface area contributed by atoms with Gasteiger partial charge < -0.3 is 28.8 Å². The van der Waals surface area contributed by atoms with Gasteiger partial charge in [-0.15, -0.1) is 0 Å². The average Bonchev–Trinajstić information content (AvgIpc) is 3.04. The summed E-state index contributed by atoms with van der Waals surface area (Å²) in [5, 5.41) is 11.7. The Hall–Kier alpha value is -0.990. The van der Waals surface area contributed by atoms with E-state index in [1.807, 2.05) is 0 Å². The fraction of sp³-hybridized carbons (Fsp3) is 0.850. The third-order valence-corrected chi connectivity index (χ3v) is 4.83. The molecule has 156 valence electrons. The standard InChI is InChI=1S/C20H34O7/c1-12(2)20(22,14-11-24-19(8,9)27-14)15(25-16(21)17(3,4)5)13-10-23-18(6,7)26-13/h13-15,22H,1,10-11H2,2-9H3/t13-,14-,15-,20-/m1/s1. The third-order valence-electron chi connectivity index (χ3n) is 4.83. The number of ether oxygens (including phenoxy) is 5. The second kappa shape index (κ2) is 7.12. The molecule has 2 aliphatic heterocycles. The minimum atomic E-state index is -1.71. The summed E-state index contributed by atoms with van der Waals surface area (Å²) in [7, 11) is 0. The van der Waals surface area contributed by atoms with Crippen LogP contribution >= 0.6 is 0 Å². The van der Waals surface area contributed by atoms with Crippen LogP contribution in [0.3, 0.4) is 0 Å². The van der Waals surface area contributed by atoms with Gasteiger partial charge in [0.1, 0.15) is 12.2 Å². The van der Waals surface area contributed by atoms with Crippen LogP contribution in [0.25, 0.3) is 0 Å². The minimum Gasteiger partial charge on any atom is -0.456 e. The van der Waals surface area contributed by atoms with Gasteiger partial charge in [0.05, 0.1) is 18.6 Å². The molecule has 2 heterocycles. The van der Waals surface area contributed by atoms with Gasteiger partial charge in [0.25, 0.3) is 0 Å². The molecule has 0 aliphatic carbocycles. The Kier molecular flexibility index (Phi) is 5.88. The van der Waals surface area contributed by atoms with Crippen LogP contribution in [0.2, 0.25) is 0 Å². The number of rotatable bonds is 5. The Labute approximate surface area is 161 Å². The highest BCUT2D eigenvalue weighted by Crippen LogP contribution is 2.40. The van der Waals surface area contributed by atoms with Gasteiger partial charge in [-0.05, 0) is 61.0 Å². The molecule has 0 radical (unpaired) electrons. The molecule has 0 aromatic heterocycles. The Morgan fingerprint density at radius 1 is 1.11 bits per heavy atom. The van der Waals surface area contributed by atoms with Crippen molar-refractivity contribution in [1.29, 1.82) is 0 Å². The van der Waals surface area contributed by atoms with Crippen LogP contribution in [-0.2, 0) is 28.5 Å². The van der Waals surface area contributed by atoms with Gasteiger partial charge in [-0.3, -0.25) is 4.79 Å². The summed E-state index contributed by atoms with van der Waals surface area (Å²) in [5.74, 6) is -2.17. The second-order valence-corrected chi connectivity index (χ2v) is 9.37. The first kappa shape index (κ1) is 22.3. The molecule has 0 spiro atoms. The number of hydrogen-bond acceptors (Lipinski definition) is 7. The molecule has 27 heavy (non-hydrogen) atoms. The fourth-order valence-corrected chi connectivity index (χ4v) is 3.21. The first-order chi connectivity index (χ1) is 12.1. The SMILES string of the molecule is C=C(C)[C@](O)([C@H](OC(=O)C(C)(C)C)[C@H]1COC(C)(C)O1)[C@H]1COC(C)(C)O1. The molecule has 7 heteroatoms. The topological polar surface area (TPSA) is 83.5 Å². The highest BCUT2D eigenvalue weighted by atomic mass is 16.8. The van der Waals surface area contributed by atoms with Crippen LogP contribution < -0.4 is 0 Å². The molecule has 2 rings (SSSR count). The van der Waals surface area contributed by atoms with Crippen molar-refractivity contribution < 1.29 is 33.6 Å². The van der Waals surface area contributed by atoms with Crippen molar-refractivity contribution in [2.45, 2.75) is 90.9 Å². The Balaban J connectivity index is 2.42. The molecule has 2 saturated heterocycles. The van der Waals surface area contributed by atoms with Crippen LogP contribution in [0.5, 0.6) is 0 Å². The molecule has 0 amide bonds. The van der Waals surface area contributed by atoms with E-state index in [1.165, 1.54) is 0 Å². The highest BCUT2D eigenvalue weighted by molar-refractivity contribution is 5.75. The van der Waals surface area contributed by atoms with Gasteiger partial charge in [0, 0.05) is 0 Å². The van der Waals surface area contributed by atoms with E-state index in [2.05, 4.69) is 6.58 Å². The molecular formula is C20H34O7. The summed E-state index contributed by atoms with van der Waals surface area (Å²) in [5.41, 5.74) is -2.06. The van der Waals surface area contributed by atoms with Crippen molar-refractivity contribution in [1.82, 2.24) is 0 Å². The van der Waals surface area contributed by atoms with Crippen LogP contribution in [0.1, 0.15) is 55.4 Å². The monoisotopic (exact) mass is 386 g/mol. The predicted molar refractivity (Wildman–Crippen MR) is 98.9 cm³/mol. The smallest absolute Gasteiger partial charge is 0.311 e. The quantitative estimate of drug-likeness (QED) is 0.574. The van der Waals surface area contributed by atoms with Gasteiger partial charge in [-0.25, -0.2) is 0 Å². The van der Waals surface area contributed by atoms with E-state index < -0.39 is 46.9 Å². The van der Waals surface area contributed by atoms with Crippen molar-refractivity contribution >= 4 is 5.97 Å². The van der Waals surface area contributed by atoms with Crippen molar-refractivity contribution in [3.05, 3.63) is 12.2 Å². The summed E-state index contributed by atoms with van der Waals surface area (Å²) in [4.78, 5) is 12.7. The maximum absolute atomic E-state index is 12.7. The molecule has 2 aliphatic rings. The number of carbonyl (C=O) groups is 1. The first-order valence-corrected chi connectivity index (χ1v) is 9.31. The molecule has 7 nitrogen and oxygen atoms in total. The van der Waals surface area contributed by atoms with Crippen LogP contribution in [0.4, 0.5) is 0 Å². The zero-order valence-electron chi connectivity index (χ0n) is 17.8. The van der Waals surface area contributed by atoms with Gasteiger partial charge in [0.15, 0.2) is 23.3 Å². The predicted octanol–water partition coefficient (Wildman–Crippen LogP) is 2.55. The molecule has 0 bridgehead atoms. The summed E-state index contributed by atoms with van der Waals surface area (Å²) < 4.78 is 29.0. The minimum absolute atomic E-state index is 0.136. The van der Waals surface area contributed by atoms with Gasteiger partial charge in [-0.1, -0.05) is 6.58 Å². The molecular weight excluding hydrogens is 352 g/mol. The Morgan fingerprint density at radius 3 is 2.00 bits per heavy atom. The third kappa shape index (κ3) is 4.71. The van der Waals surface area contributed by atoms with Crippen molar-refractivity contribution in [3.8, 4) is 0 Å². The number of hydrogen-bond donors (Lipinski definition) is 1. The number of esters is 1. The molecule has 4 atom stereocenters. The summed E-state index contributed by atoms with van der Waals surface area (Å²) in [6, 6.07) is 0. The van der Waals surface area contributed by atoms with E-state index in [1.54, 1.807) is 55.4 Å². The van der Waals surface area contributed by atoms with E-state index in [-0.39, 0.29) is 13.2 Å². The zero-order valence-corrected chi connectivity index (χ0v) is 17.8.